The normalized spacial score (nSPS) is 10.9. The van der Waals surface area contributed by atoms with Crippen molar-refractivity contribution in [2.45, 2.75) is 19.8 Å². The van der Waals surface area contributed by atoms with Gasteiger partial charge in [0.25, 0.3) is 0 Å². The number of aromatic hydroxyl groups is 1. The first-order chi connectivity index (χ1) is 15.0. The van der Waals surface area contributed by atoms with Gasteiger partial charge in [-0.25, -0.2) is 4.79 Å². The SMILES string of the molecule is CCCOC(=O)c1ccc(N=Cc2cc(Cc3ccccc3)cc([N+](=O)[O-])c2O)cc1. The van der Waals surface area contributed by atoms with E-state index in [0.29, 0.717) is 29.8 Å². The van der Waals surface area contributed by atoms with Gasteiger partial charge in [-0.15, -0.1) is 0 Å². The smallest absolute Gasteiger partial charge is 0.338 e. The lowest BCUT2D eigenvalue weighted by Crippen LogP contribution is -2.05. The summed E-state index contributed by atoms with van der Waals surface area (Å²) in [5, 5.41) is 21.7. The molecular weight excluding hydrogens is 396 g/mol. The van der Waals surface area contributed by atoms with E-state index < -0.39 is 16.6 Å². The van der Waals surface area contributed by atoms with Gasteiger partial charge < -0.3 is 9.84 Å². The van der Waals surface area contributed by atoms with Gasteiger partial charge in [0.2, 0.25) is 5.75 Å². The van der Waals surface area contributed by atoms with E-state index >= 15 is 0 Å². The monoisotopic (exact) mass is 418 g/mol. The molecule has 0 aliphatic carbocycles. The molecule has 0 radical (unpaired) electrons. The van der Waals surface area contributed by atoms with E-state index in [-0.39, 0.29) is 11.3 Å². The Morgan fingerprint density at radius 3 is 2.45 bits per heavy atom. The highest BCUT2D eigenvalue weighted by molar-refractivity contribution is 5.90. The number of carbonyl (C=O) groups excluding carboxylic acids is 1. The van der Waals surface area contributed by atoms with Gasteiger partial charge in [0.05, 0.1) is 22.8 Å². The third-order valence-electron chi connectivity index (χ3n) is 4.52. The molecule has 0 aromatic heterocycles. The van der Waals surface area contributed by atoms with Crippen LogP contribution in [0.4, 0.5) is 11.4 Å². The molecule has 0 atom stereocenters. The lowest BCUT2D eigenvalue weighted by Gasteiger charge is -2.07. The van der Waals surface area contributed by atoms with Crippen LogP contribution in [0.3, 0.4) is 0 Å². The van der Waals surface area contributed by atoms with Gasteiger partial charge >= 0.3 is 11.7 Å². The minimum Gasteiger partial charge on any atom is -0.502 e. The molecule has 0 fully saturated rings. The Labute approximate surface area is 179 Å². The fourth-order valence-electron chi connectivity index (χ4n) is 2.98. The molecule has 3 aromatic rings. The number of phenols is 1. The van der Waals surface area contributed by atoms with Crippen LogP contribution in [0.2, 0.25) is 0 Å². The van der Waals surface area contributed by atoms with Crippen molar-refractivity contribution in [1.29, 1.82) is 0 Å². The summed E-state index contributed by atoms with van der Waals surface area (Å²) in [7, 11) is 0. The molecule has 0 aliphatic heterocycles. The minimum absolute atomic E-state index is 0.242. The van der Waals surface area contributed by atoms with E-state index in [0.717, 1.165) is 12.0 Å². The molecule has 31 heavy (non-hydrogen) atoms. The van der Waals surface area contributed by atoms with Crippen molar-refractivity contribution in [2.75, 3.05) is 6.61 Å². The Balaban J connectivity index is 1.85. The number of aliphatic imine (C=N–C) groups is 1. The number of nitro benzene ring substituents is 1. The molecule has 0 aliphatic rings. The number of benzene rings is 3. The molecule has 0 amide bonds. The summed E-state index contributed by atoms with van der Waals surface area (Å²) < 4.78 is 5.09. The van der Waals surface area contributed by atoms with Gasteiger partial charge in [0.1, 0.15) is 0 Å². The van der Waals surface area contributed by atoms with Crippen LogP contribution in [-0.4, -0.2) is 28.8 Å². The van der Waals surface area contributed by atoms with Crippen molar-refractivity contribution in [3.05, 3.63) is 99.1 Å². The van der Waals surface area contributed by atoms with E-state index in [1.807, 2.05) is 37.3 Å². The molecule has 7 nitrogen and oxygen atoms in total. The first-order valence-electron chi connectivity index (χ1n) is 9.83. The van der Waals surface area contributed by atoms with E-state index in [9.17, 15) is 20.0 Å². The van der Waals surface area contributed by atoms with Crippen LogP contribution in [0.5, 0.6) is 5.75 Å². The van der Waals surface area contributed by atoms with Gasteiger partial charge in [-0.1, -0.05) is 37.3 Å². The van der Waals surface area contributed by atoms with Crippen LogP contribution >= 0.6 is 0 Å². The highest BCUT2D eigenvalue weighted by Gasteiger charge is 2.18. The lowest BCUT2D eigenvalue weighted by molar-refractivity contribution is -0.385. The van der Waals surface area contributed by atoms with Crippen molar-refractivity contribution in [1.82, 2.24) is 0 Å². The third kappa shape index (κ3) is 5.76. The van der Waals surface area contributed by atoms with Gasteiger partial charge in [0.15, 0.2) is 0 Å². The third-order valence-corrected chi connectivity index (χ3v) is 4.52. The number of nitro groups is 1. The Kier molecular flexibility index (Phi) is 7.11. The van der Waals surface area contributed by atoms with Crippen molar-refractivity contribution in [3.63, 3.8) is 0 Å². The molecule has 0 saturated carbocycles. The molecule has 158 valence electrons. The van der Waals surface area contributed by atoms with Gasteiger partial charge in [0, 0.05) is 17.8 Å². The fraction of sp³-hybridized carbons (Fsp3) is 0.167. The van der Waals surface area contributed by atoms with E-state index in [4.69, 9.17) is 4.74 Å². The molecule has 1 N–H and O–H groups in total. The van der Waals surface area contributed by atoms with Crippen LogP contribution in [-0.2, 0) is 11.2 Å². The van der Waals surface area contributed by atoms with E-state index in [1.165, 1.54) is 12.3 Å². The van der Waals surface area contributed by atoms with Crippen molar-refractivity contribution >= 4 is 23.6 Å². The number of hydrogen-bond acceptors (Lipinski definition) is 6. The maximum Gasteiger partial charge on any atom is 0.338 e. The number of phenolic OH excluding ortho intramolecular Hbond substituents is 1. The zero-order valence-electron chi connectivity index (χ0n) is 17.0. The van der Waals surface area contributed by atoms with Crippen molar-refractivity contribution in [3.8, 4) is 5.75 Å². The van der Waals surface area contributed by atoms with Crippen molar-refractivity contribution < 1.29 is 19.6 Å². The van der Waals surface area contributed by atoms with Crippen LogP contribution in [0, 0.1) is 10.1 Å². The Bertz CT molecular complexity index is 1090. The van der Waals surface area contributed by atoms with Crippen LogP contribution in [0.1, 0.15) is 40.4 Å². The molecule has 3 aromatic carbocycles. The predicted molar refractivity (Wildman–Crippen MR) is 118 cm³/mol. The second-order valence-electron chi connectivity index (χ2n) is 6.91. The molecular formula is C24H22N2O5. The van der Waals surface area contributed by atoms with E-state index in [2.05, 4.69) is 4.99 Å². The van der Waals surface area contributed by atoms with Gasteiger partial charge in [-0.2, -0.15) is 0 Å². The second kappa shape index (κ2) is 10.2. The summed E-state index contributed by atoms with van der Waals surface area (Å²) in [5.74, 6) is -0.843. The highest BCUT2D eigenvalue weighted by atomic mass is 16.6. The maximum atomic E-state index is 11.9. The minimum atomic E-state index is -0.613. The molecule has 3 rings (SSSR count). The number of rotatable bonds is 8. The second-order valence-corrected chi connectivity index (χ2v) is 6.91. The largest absolute Gasteiger partial charge is 0.502 e. The Morgan fingerprint density at radius 2 is 1.81 bits per heavy atom. The lowest BCUT2D eigenvalue weighted by atomic mass is 10.0. The Morgan fingerprint density at radius 1 is 1.10 bits per heavy atom. The number of carbonyl (C=O) groups is 1. The topological polar surface area (TPSA) is 102 Å². The highest BCUT2D eigenvalue weighted by Crippen LogP contribution is 2.31. The molecule has 0 heterocycles. The van der Waals surface area contributed by atoms with E-state index in [1.54, 1.807) is 30.3 Å². The average molecular weight is 418 g/mol. The molecule has 0 bridgehead atoms. The summed E-state index contributed by atoms with van der Waals surface area (Å²) >= 11 is 0. The van der Waals surface area contributed by atoms with Crippen LogP contribution < -0.4 is 0 Å². The average Bonchev–Trinajstić information content (AvgIpc) is 2.78. The first kappa shape index (κ1) is 21.7. The molecule has 0 spiro atoms. The van der Waals surface area contributed by atoms with Crippen LogP contribution in [0.15, 0.2) is 71.7 Å². The molecule has 7 heteroatoms. The van der Waals surface area contributed by atoms with Gasteiger partial charge in [-0.3, -0.25) is 15.1 Å². The summed E-state index contributed by atoms with van der Waals surface area (Å²) in [5.41, 5.74) is 2.50. The first-order valence-corrected chi connectivity index (χ1v) is 9.83. The number of nitrogens with zero attached hydrogens (tertiary/aromatic N) is 2. The summed E-state index contributed by atoms with van der Waals surface area (Å²) in [6.07, 6.45) is 2.60. The summed E-state index contributed by atoms with van der Waals surface area (Å²) in [4.78, 5) is 26.9. The zero-order valence-corrected chi connectivity index (χ0v) is 17.0. The molecule has 0 unspecified atom stereocenters. The van der Waals surface area contributed by atoms with Gasteiger partial charge in [-0.05, 0) is 54.3 Å². The summed E-state index contributed by atoms with van der Waals surface area (Å²) in [6.45, 7) is 2.27. The van der Waals surface area contributed by atoms with Crippen LogP contribution in [0.25, 0.3) is 0 Å². The standard InChI is InChI=1S/C24H22N2O5/c1-2-12-31-24(28)19-8-10-21(11-9-19)25-16-20-14-18(13-17-6-4-3-5-7-17)15-22(23(20)27)26(29)30/h3-11,14-16,27H,2,12-13H2,1H3. The number of ether oxygens (including phenoxy) is 1. The zero-order chi connectivity index (χ0) is 22.2. The summed E-state index contributed by atoms with van der Waals surface area (Å²) in [6, 6.07) is 19.1. The maximum absolute atomic E-state index is 11.9. The number of hydrogen-bond donors (Lipinski definition) is 1. The quantitative estimate of drug-likeness (QED) is 0.234. The number of esters is 1. The fourth-order valence-corrected chi connectivity index (χ4v) is 2.98. The predicted octanol–water partition coefficient (Wildman–Crippen LogP) is 5.21. The van der Waals surface area contributed by atoms with Crippen molar-refractivity contribution in [2.24, 2.45) is 4.99 Å². The Hall–Kier alpha value is -4.00. The molecule has 0 saturated heterocycles.